The molecular weight excluding hydrogens is 449 g/mol. The van der Waals surface area contributed by atoms with Gasteiger partial charge in [0.25, 0.3) is 0 Å². The summed E-state index contributed by atoms with van der Waals surface area (Å²) >= 11 is 0. The number of carbonyl (C=O) groups excluding carboxylic acids is 1. The zero-order chi connectivity index (χ0) is 23.2. The largest absolute Gasteiger partial charge is 0.506 e. The van der Waals surface area contributed by atoms with Crippen molar-refractivity contribution in [2.75, 3.05) is 25.0 Å². The first-order valence-electron chi connectivity index (χ1n) is 9.39. The van der Waals surface area contributed by atoms with Gasteiger partial charge >= 0.3 is 0 Å². The molecule has 0 radical (unpaired) electrons. The second-order valence-corrected chi connectivity index (χ2v) is 10.1. The van der Waals surface area contributed by atoms with Crippen LogP contribution in [0.5, 0.6) is 5.75 Å². The highest BCUT2D eigenvalue weighted by Crippen LogP contribution is 2.28. The Hall–Kier alpha value is -2.54. The lowest BCUT2D eigenvalue weighted by molar-refractivity contribution is -0.116. The highest BCUT2D eigenvalue weighted by Gasteiger charge is 2.23. The van der Waals surface area contributed by atoms with Crippen molar-refractivity contribution in [2.45, 2.75) is 30.1 Å². The van der Waals surface area contributed by atoms with Crippen molar-refractivity contribution >= 4 is 31.6 Å². The molecule has 0 aliphatic rings. The molecule has 0 aliphatic heterocycles. The number of anilines is 1. The molecule has 12 heteroatoms. The summed E-state index contributed by atoms with van der Waals surface area (Å²) in [5.74, 6) is -1.56. The van der Waals surface area contributed by atoms with E-state index in [2.05, 4.69) is 10.0 Å². The van der Waals surface area contributed by atoms with Gasteiger partial charge in [-0.1, -0.05) is 13.8 Å². The minimum absolute atomic E-state index is 0.0960. The molecule has 0 aromatic heterocycles. The molecule has 31 heavy (non-hydrogen) atoms. The Bertz CT molecular complexity index is 1130. The summed E-state index contributed by atoms with van der Waals surface area (Å²) in [6.07, 6.45) is -0.285. The SMILES string of the molecule is CCN(CC)S(=O)(=O)c1ccc(O)c(NC(=O)CCNS(=O)(=O)c2ccc(F)cc2)c1. The molecule has 0 atom stereocenters. The van der Waals surface area contributed by atoms with Gasteiger partial charge in [0.05, 0.1) is 15.5 Å². The molecule has 0 aliphatic carbocycles. The van der Waals surface area contributed by atoms with Crippen molar-refractivity contribution in [2.24, 2.45) is 0 Å². The third-order valence-corrected chi connectivity index (χ3v) is 7.88. The maximum Gasteiger partial charge on any atom is 0.243 e. The summed E-state index contributed by atoms with van der Waals surface area (Å²) in [5.41, 5.74) is -0.111. The molecule has 2 rings (SSSR count). The Balaban J connectivity index is 2.04. The normalized spacial score (nSPS) is 12.1. The molecule has 0 heterocycles. The summed E-state index contributed by atoms with van der Waals surface area (Å²) in [4.78, 5) is 11.9. The summed E-state index contributed by atoms with van der Waals surface area (Å²) in [5, 5.41) is 12.3. The van der Waals surface area contributed by atoms with Gasteiger partial charge in [0, 0.05) is 26.1 Å². The van der Waals surface area contributed by atoms with E-state index in [1.54, 1.807) is 13.8 Å². The number of nitrogens with zero attached hydrogens (tertiary/aromatic N) is 1. The lowest BCUT2D eigenvalue weighted by atomic mass is 10.3. The Morgan fingerprint density at radius 1 is 1.00 bits per heavy atom. The summed E-state index contributed by atoms with van der Waals surface area (Å²) in [6, 6.07) is 7.73. The van der Waals surface area contributed by atoms with Gasteiger partial charge in [-0.3, -0.25) is 4.79 Å². The van der Waals surface area contributed by atoms with Crippen molar-refractivity contribution in [3.63, 3.8) is 0 Å². The van der Waals surface area contributed by atoms with E-state index in [9.17, 15) is 31.1 Å². The summed E-state index contributed by atoms with van der Waals surface area (Å²) in [7, 11) is -7.72. The van der Waals surface area contributed by atoms with Crippen molar-refractivity contribution in [3.8, 4) is 5.75 Å². The van der Waals surface area contributed by atoms with Gasteiger partial charge in [0.2, 0.25) is 26.0 Å². The molecule has 2 aromatic carbocycles. The molecule has 0 spiro atoms. The minimum Gasteiger partial charge on any atom is -0.506 e. The number of sulfonamides is 2. The molecule has 1 amide bonds. The molecule has 0 saturated heterocycles. The van der Waals surface area contributed by atoms with E-state index < -0.39 is 31.8 Å². The maximum atomic E-state index is 12.9. The number of halogens is 1. The molecule has 170 valence electrons. The first-order valence-corrected chi connectivity index (χ1v) is 12.3. The third-order valence-electron chi connectivity index (χ3n) is 4.35. The van der Waals surface area contributed by atoms with Gasteiger partial charge in [-0.15, -0.1) is 0 Å². The number of hydrogen-bond donors (Lipinski definition) is 3. The Kier molecular flexibility index (Phi) is 8.12. The number of hydrogen-bond acceptors (Lipinski definition) is 6. The summed E-state index contributed by atoms with van der Waals surface area (Å²) in [6.45, 7) is 3.64. The molecule has 0 bridgehead atoms. The van der Waals surface area contributed by atoms with E-state index in [1.807, 2.05) is 0 Å². The number of phenolic OH excluding ortho intramolecular Hbond substituents is 1. The van der Waals surface area contributed by atoms with Crippen LogP contribution in [0.2, 0.25) is 0 Å². The molecule has 2 aromatic rings. The van der Waals surface area contributed by atoms with Crippen LogP contribution in [0, 0.1) is 5.82 Å². The fourth-order valence-electron chi connectivity index (χ4n) is 2.70. The monoisotopic (exact) mass is 473 g/mol. The quantitative estimate of drug-likeness (QED) is 0.451. The van der Waals surface area contributed by atoms with Gasteiger partial charge in [0.15, 0.2) is 0 Å². The van der Waals surface area contributed by atoms with Crippen LogP contribution in [0.1, 0.15) is 20.3 Å². The number of amides is 1. The third kappa shape index (κ3) is 6.23. The van der Waals surface area contributed by atoms with E-state index in [0.29, 0.717) is 0 Å². The minimum atomic E-state index is -3.93. The van der Waals surface area contributed by atoms with Crippen LogP contribution >= 0.6 is 0 Å². The predicted molar refractivity (Wildman–Crippen MR) is 113 cm³/mol. The number of phenols is 1. The van der Waals surface area contributed by atoms with E-state index in [0.717, 1.165) is 36.4 Å². The van der Waals surface area contributed by atoms with Gasteiger partial charge in [0.1, 0.15) is 11.6 Å². The smallest absolute Gasteiger partial charge is 0.243 e. The highest BCUT2D eigenvalue weighted by atomic mass is 32.2. The number of benzene rings is 2. The van der Waals surface area contributed by atoms with Crippen LogP contribution < -0.4 is 10.0 Å². The highest BCUT2D eigenvalue weighted by molar-refractivity contribution is 7.89. The fraction of sp³-hybridized carbons (Fsp3) is 0.316. The Labute approximate surface area is 181 Å². The molecule has 0 unspecified atom stereocenters. The lowest BCUT2D eigenvalue weighted by Gasteiger charge is -2.19. The first kappa shape index (κ1) is 24.7. The number of carbonyl (C=O) groups is 1. The predicted octanol–water partition coefficient (Wildman–Crippen LogP) is 1.87. The fourth-order valence-corrected chi connectivity index (χ4v) is 5.21. The maximum absolute atomic E-state index is 12.9. The molecule has 3 N–H and O–H groups in total. The van der Waals surface area contributed by atoms with E-state index in [1.165, 1.54) is 10.4 Å². The number of rotatable bonds is 10. The molecule has 0 fully saturated rings. The van der Waals surface area contributed by atoms with Crippen molar-refractivity contribution in [1.82, 2.24) is 9.03 Å². The number of nitrogens with one attached hydrogen (secondary N) is 2. The average molecular weight is 474 g/mol. The Morgan fingerprint density at radius 3 is 2.16 bits per heavy atom. The van der Waals surface area contributed by atoms with Crippen LogP contribution in [-0.4, -0.2) is 51.8 Å². The second-order valence-electron chi connectivity index (χ2n) is 6.42. The second kappa shape index (κ2) is 10.2. The zero-order valence-electron chi connectivity index (χ0n) is 17.0. The van der Waals surface area contributed by atoms with Gasteiger partial charge in [-0.2, -0.15) is 4.31 Å². The van der Waals surface area contributed by atoms with Crippen LogP contribution in [0.4, 0.5) is 10.1 Å². The van der Waals surface area contributed by atoms with Crippen LogP contribution in [0.3, 0.4) is 0 Å². The zero-order valence-corrected chi connectivity index (χ0v) is 18.6. The average Bonchev–Trinajstić information content (AvgIpc) is 2.70. The van der Waals surface area contributed by atoms with Gasteiger partial charge in [-0.05, 0) is 42.5 Å². The van der Waals surface area contributed by atoms with Gasteiger partial charge in [-0.25, -0.2) is 25.9 Å². The first-order chi connectivity index (χ1) is 14.5. The molecule has 9 nitrogen and oxygen atoms in total. The Morgan fingerprint density at radius 2 is 1.58 bits per heavy atom. The van der Waals surface area contributed by atoms with E-state index >= 15 is 0 Å². The topological polar surface area (TPSA) is 133 Å². The van der Waals surface area contributed by atoms with E-state index in [4.69, 9.17) is 0 Å². The molecular formula is C19H24FN3O6S2. The van der Waals surface area contributed by atoms with Crippen LogP contribution in [0.25, 0.3) is 0 Å². The van der Waals surface area contributed by atoms with Crippen molar-refractivity contribution in [3.05, 3.63) is 48.3 Å². The van der Waals surface area contributed by atoms with Crippen molar-refractivity contribution < 1.29 is 31.1 Å². The van der Waals surface area contributed by atoms with E-state index in [-0.39, 0.29) is 47.3 Å². The number of aromatic hydroxyl groups is 1. The molecule has 0 saturated carbocycles. The standard InChI is InChI=1S/C19H24FN3O6S2/c1-3-23(4-2)31(28,29)16-9-10-18(24)17(13-16)22-19(25)11-12-21-30(26,27)15-7-5-14(20)6-8-15/h5-10,13,21,24H,3-4,11-12H2,1-2H3,(H,22,25). The van der Waals surface area contributed by atoms with Crippen molar-refractivity contribution in [1.29, 1.82) is 0 Å². The van der Waals surface area contributed by atoms with Gasteiger partial charge < -0.3 is 10.4 Å². The summed E-state index contributed by atoms with van der Waals surface area (Å²) < 4.78 is 65.9. The lowest BCUT2D eigenvalue weighted by Crippen LogP contribution is -2.30. The van der Waals surface area contributed by atoms with Crippen LogP contribution in [0.15, 0.2) is 52.3 Å². The van der Waals surface area contributed by atoms with Crippen LogP contribution in [-0.2, 0) is 24.8 Å².